The number of aromatic nitrogens is 6. The number of imide groups is 4. The number of anilines is 6. The van der Waals surface area contributed by atoms with Crippen molar-refractivity contribution in [1.82, 2.24) is 75.3 Å². The van der Waals surface area contributed by atoms with Crippen molar-refractivity contribution in [3.8, 4) is 22.3 Å². The number of carbonyl (C=O) groups excluding carboxylic acids is 13. The number of benzene rings is 4. The first kappa shape index (κ1) is 104. The minimum Gasteiger partial charge on any atom is -0.481 e. The highest BCUT2D eigenvalue weighted by molar-refractivity contribution is 6.25. The first-order valence-corrected chi connectivity index (χ1v) is 46.3. The van der Waals surface area contributed by atoms with E-state index in [0.717, 1.165) is 15.4 Å². The Bertz CT molecular complexity index is 6430. The number of aryl methyl sites for hydroxylation is 2. The Morgan fingerprint density at radius 2 is 0.853 bits per heavy atom. The lowest BCUT2D eigenvalue weighted by atomic mass is 9.99. The van der Waals surface area contributed by atoms with Crippen molar-refractivity contribution >= 4 is 117 Å². The summed E-state index contributed by atoms with van der Waals surface area (Å²) in [7, 11) is 3.91. The molecule has 47 heteroatoms. The fourth-order valence-corrected chi connectivity index (χ4v) is 18.4. The summed E-state index contributed by atoms with van der Waals surface area (Å²) in [5.74, 6) is -9.21. The number of nitrogens with zero attached hydrogens (tertiary/aromatic N) is 14. The quantitative estimate of drug-likeness (QED) is 0.0165. The fourth-order valence-electron chi connectivity index (χ4n) is 18.4. The van der Waals surface area contributed by atoms with E-state index in [0.29, 0.717) is 164 Å². The predicted octanol–water partition coefficient (Wildman–Crippen LogP) is 6.61. The largest absolute Gasteiger partial charge is 0.481 e. The van der Waals surface area contributed by atoms with Crippen LogP contribution in [0.3, 0.4) is 0 Å². The Morgan fingerprint density at radius 1 is 0.476 bits per heavy atom. The molecule has 10 N–H and O–H groups in total. The summed E-state index contributed by atoms with van der Waals surface area (Å²) in [5, 5.41) is 21.1. The van der Waals surface area contributed by atoms with Crippen molar-refractivity contribution in [2.75, 3.05) is 136 Å². The van der Waals surface area contributed by atoms with Crippen LogP contribution in [0.15, 0.2) is 120 Å². The fraction of sp³-hybridized carbons (Fsp3) is 0.417. The van der Waals surface area contributed by atoms with Gasteiger partial charge in [0, 0.05) is 213 Å². The summed E-state index contributed by atoms with van der Waals surface area (Å²) in [4.78, 5) is 237. The maximum Gasteiger partial charge on any atom is 0.417 e. The molecule has 6 fully saturated rings. The first-order chi connectivity index (χ1) is 67.9. The van der Waals surface area contributed by atoms with E-state index in [9.17, 15) is 103 Å². The van der Waals surface area contributed by atoms with Gasteiger partial charge < -0.3 is 66.2 Å². The van der Waals surface area contributed by atoms with Gasteiger partial charge in [-0.3, -0.25) is 107 Å². The number of amides is 13. The highest BCUT2D eigenvalue weighted by atomic mass is 19.4. The maximum atomic E-state index is 16.1. The molecule has 756 valence electrons. The van der Waals surface area contributed by atoms with Crippen molar-refractivity contribution < 1.29 is 107 Å². The Labute approximate surface area is 811 Å². The minimum absolute atomic E-state index is 0.00724. The van der Waals surface area contributed by atoms with Gasteiger partial charge in [-0.05, 0) is 134 Å². The number of hydrogen-bond acceptors (Lipinski definition) is 27. The zero-order valence-electron chi connectivity index (χ0n) is 78.6. The van der Waals surface area contributed by atoms with Gasteiger partial charge in [-0.15, -0.1) is 0 Å². The number of aromatic amines is 2. The molecule has 8 aromatic rings. The number of nitrogens with one attached hydrogen (secondary N) is 7. The predicted molar refractivity (Wildman–Crippen MR) is 501 cm³/mol. The first-order valence-electron chi connectivity index (χ1n) is 46.3. The number of rotatable bonds is 25. The highest BCUT2D eigenvalue weighted by Gasteiger charge is 2.49. The Morgan fingerprint density at radius 3 is 1.22 bits per heavy atom. The second-order valence-corrected chi connectivity index (χ2v) is 36.0. The molecule has 4 aromatic heterocycles. The third-order valence-electron chi connectivity index (χ3n) is 26.6. The van der Waals surface area contributed by atoms with Crippen LogP contribution in [0.5, 0.6) is 0 Å². The third kappa shape index (κ3) is 23.5. The van der Waals surface area contributed by atoms with E-state index in [1.54, 1.807) is 40.1 Å². The van der Waals surface area contributed by atoms with Crippen LogP contribution in [0.2, 0.25) is 0 Å². The average Bonchev–Trinajstić information content (AvgIpc) is 1.59. The van der Waals surface area contributed by atoms with E-state index in [4.69, 9.17) is 10.8 Å². The van der Waals surface area contributed by atoms with Crippen LogP contribution in [0.4, 0.5) is 69.8 Å². The van der Waals surface area contributed by atoms with Crippen LogP contribution in [-0.4, -0.2) is 289 Å². The molecule has 4 aromatic carbocycles. The number of halogens is 8. The van der Waals surface area contributed by atoms with E-state index in [1.807, 2.05) is 61.4 Å². The van der Waals surface area contributed by atoms with Crippen molar-refractivity contribution in [3.63, 3.8) is 0 Å². The zero-order valence-corrected chi connectivity index (χ0v) is 78.6. The second kappa shape index (κ2) is 43.9. The van der Waals surface area contributed by atoms with E-state index in [2.05, 4.69) is 66.3 Å². The monoisotopic (exact) mass is 1990 g/mol. The summed E-state index contributed by atoms with van der Waals surface area (Å²) in [5.41, 5.74) is 2.41. The Kier molecular flexibility index (Phi) is 31.8. The van der Waals surface area contributed by atoms with Gasteiger partial charge in [0.15, 0.2) is 0 Å². The van der Waals surface area contributed by atoms with E-state index >= 15 is 8.78 Å². The third-order valence-corrected chi connectivity index (χ3v) is 26.6. The van der Waals surface area contributed by atoms with Gasteiger partial charge in [-0.1, -0.05) is 24.3 Å². The molecular formula is C96H104F8N22O17. The molecular weight excluding hydrogens is 1890 g/mol. The minimum atomic E-state index is -5.01. The molecule has 8 aliphatic heterocycles. The standard InChI is InChI=1S/C48H51F4N11O8.C32H36F4N8O5.C16H17N3O4/c1-26-24-62(25-27(2)59(26)3)37-20-34(49)31(18-35(37)57-43(68)32-23-54-40(66)19-33(32)48(50,51)52)29-21-55-47(56-22-29)61-16-14-60(15-17-61)41(67)12-11-38(64)53-13-5-7-28-6-4-8-30-42(28)46(71)63(45(30)70)36-9-10-39(65)58-44(36)69;1-18-16-44(17-19(2)41(18)3)26-12-24(33)21(10-25(26)40-30(49)22-15-37-27(45)11-23(22)32(34,35)36)20-13-38-31(39-14-20)43-8-6-42(7-9-43)28(46)4-5-29(47)48;17-8-2-4-9-3-1-5-10-13(9)16(23)19(15(10)22)11-6-7-12(20)18-14(11)21/h4,6,8,18-23,26-27,36H,5,7,9-17,24-25H2,1-3H3,(H,53,64)(H,54,66)(H,57,68)(H,58,65,69);10-15,18-19H,4-9,16-17H2,1-3H3,(H,37,45)(H,40,49)(H,47,48);1,3,5,11H,2,4,6-8,17H2,(H,18,20,21)/t26-,27+,36?;18-,19+;. The number of H-pyrrole nitrogens is 2. The van der Waals surface area contributed by atoms with Crippen LogP contribution in [-0.2, 0) is 63.6 Å². The molecule has 13 amide bonds. The molecule has 143 heavy (non-hydrogen) atoms. The average molecular weight is 1990 g/mol. The van der Waals surface area contributed by atoms with Crippen LogP contribution < -0.4 is 63.0 Å². The normalized spacial score (nSPS) is 19.6. The number of piperazine rings is 4. The number of aliphatic carboxylic acids is 1. The van der Waals surface area contributed by atoms with Gasteiger partial charge in [0.1, 0.15) is 23.7 Å². The summed E-state index contributed by atoms with van der Waals surface area (Å²) < 4.78 is 115. The molecule has 0 saturated carbocycles. The van der Waals surface area contributed by atoms with Gasteiger partial charge in [0.2, 0.25) is 64.4 Å². The number of likely N-dealkylation sites (N-methyl/N-ethyl adjacent to an activating group) is 2. The lowest BCUT2D eigenvalue weighted by Gasteiger charge is -2.44. The van der Waals surface area contributed by atoms with Gasteiger partial charge in [-0.25, -0.2) is 28.7 Å². The highest BCUT2D eigenvalue weighted by Crippen LogP contribution is 2.42. The molecule has 0 aliphatic carbocycles. The Hall–Kier alpha value is -15.2. The van der Waals surface area contributed by atoms with Gasteiger partial charge >= 0.3 is 18.3 Å². The summed E-state index contributed by atoms with van der Waals surface area (Å²) in [6.07, 6.45) is -1.09. The molecule has 0 bridgehead atoms. The smallest absolute Gasteiger partial charge is 0.417 e. The molecule has 6 saturated heterocycles. The second-order valence-electron chi connectivity index (χ2n) is 36.0. The summed E-state index contributed by atoms with van der Waals surface area (Å²) >= 11 is 0. The molecule has 8 aliphatic rings. The van der Waals surface area contributed by atoms with Crippen molar-refractivity contribution in [2.24, 2.45) is 5.73 Å². The summed E-state index contributed by atoms with van der Waals surface area (Å²) in [6, 6.07) is 13.8. The van der Waals surface area contributed by atoms with Crippen molar-refractivity contribution in [2.45, 2.75) is 153 Å². The topological polar surface area (TPSA) is 495 Å². The summed E-state index contributed by atoms with van der Waals surface area (Å²) in [6.45, 7) is 13.2. The number of fused-ring (bicyclic) bond motifs is 2. The molecule has 16 rings (SSSR count). The lowest BCUT2D eigenvalue weighted by Crippen LogP contribution is -2.55. The van der Waals surface area contributed by atoms with Gasteiger partial charge in [-0.2, -0.15) is 26.3 Å². The molecule has 39 nitrogen and oxygen atoms in total. The zero-order chi connectivity index (χ0) is 103. The SMILES string of the molecule is C[C@@H]1CN(c2cc(F)c(-c3cnc(N4CCN(C(=O)CCC(=O)NCCCc5cccc6c5C(=O)N(C5CCC(=O)NC5=O)C6=O)CC4)nc3)cc2NC(=O)c2c[nH]c(=O)cc2C(F)(F)F)C[C@H](C)N1C.C[C@@H]1CN(c2cc(F)c(-c3cnc(N4CCN(C(=O)CCC(=O)O)CC4)nc3)cc2NC(=O)c2c[nH]c(=O)cc2C(F)(F)F)C[C@H](C)N1C.NCCCc1cccc2c1C(=O)N(C1CCC(=O)NC1=O)C2=O. The maximum absolute atomic E-state index is 16.1. The lowest BCUT2D eigenvalue weighted by molar-refractivity contribution is -0.141. The number of carboxylic acid groups (broad SMARTS) is 1. The number of piperidine rings is 2. The van der Waals surface area contributed by atoms with Crippen LogP contribution in [0.25, 0.3) is 22.3 Å². The van der Waals surface area contributed by atoms with Gasteiger partial charge in [0.05, 0.1) is 73.7 Å². The van der Waals surface area contributed by atoms with E-state index < -0.39 is 129 Å². The van der Waals surface area contributed by atoms with E-state index in [-0.39, 0.29) is 162 Å². The van der Waals surface area contributed by atoms with Crippen molar-refractivity contribution in [3.05, 3.63) is 198 Å². The molecule has 6 atom stereocenters. The number of carboxylic acids is 1. The Balaban J connectivity index is 0.000000193. The molecule has 0 spiro atoms. The van der Waals surface area contributed by atoms with Crippen LogP contribution >= 0.6 is 0 Å². The molecule has 0 radical (unpaired) electrons. The molecule has 2 unspecified atom stereocenters. The molecule has 12 heterocycles. The number of alkyl halides is 6. The number of hydrogen-bond donors (Lipinski definition) is 9. The van der Waals surface area contributed by atoms with Gasteiger partial charge in [0.25, 0.3) is 35.4 Å². The van der Waals surface area contributed by atoms with Crippen LogP contribution in [0, 0.1) is 11.6 Å². The van der Waals surface area contributed by atoms with E-state index in [1.165, 1.54) is 55.1 Å². The van der Waals surface area contributed by atoms with Crippen LogP contribution in [0.1, 0.15) is 176 Å². The number of pyridine rings is 2. The van der Waals surface area contributed by atoms with Crippen molar-refractivity contribution in [1.29, 1.82) is 0 Å². The number of carbonyl (C=O) groups is 14. The number of nitrogens with two attached hydrogens (primary N) is 1.